The first-order valence-electron chi connectivity index (χ1n) is 4.01. The molecule has 1 saturated carbocycles. The van der Waals surface area contributed by atoms with Gasteiger partial charge in [0.15, 0.2) is 0 Å². The van der Waals surface area contributed by atoms with Crippen LogP contribution in [0.5, 0.6) is 0 Å². The first-order chi connectivity index (χ1) is 5.20. The molecule has 1 fully saturated rings. The summed E-state index contributed by atoms with van der Waals surface area (Å²) in [6.07, 6.45) is 4.67. The van der Waals surface area contributed by atoms with E-state index in [9.17, 15) is 4.79 Å². The van der Waals surface area contributed by atoms with E-state index in [1.165, 1.54) is 19.8 Å². The molecule has 1 aliphatic rings. The third-order valence-corrected chi connectivity index (χ3v) is 2.99. The standard InChI is InChI=1S/C8H13BrO2/c1-6(10)11-8-5-3-2-4-7(8)9/h7-8H,2-5H2,1H3/t7-,8-/m0/s1. The molecule has 64 valence electrons. The molecule has 0 aliphatic heterocycles. The molecule has 0 bridgehead atoms. The molecule has 11 heavy (non-hydrogen) atoms. The zero-order valence-corrected chi connectivity index (χ0v) is 8.26. The lowest BCUT2D eigenvalue weighted by atomic mass is 9.98. The summed E-state index contributed by atoms with van der Waals surface area (Å²) in [5, 5.41) is 0. The molecule has 0 aromatic carbocycles. The lowest BCUT2D eigenvalue weighted by Crippen LogP contribution is -2.29. The molecule has 0 aromatic heterocycles. The number of halogens is 1. The largest absolute Gasteiger partial charge is 0.461 e. The smallest absolute Gasteiger partial charge is 0.302 e. The van der Waals surface area contributed by atoms with Crippen LogP contribution in [0.3, 0.4) is 0 Å². The number of alkyl halides is 1. The average Bonchev–Trinajstić information content (AvgIpc) is 1.93. The third-order valence-electron chi connectivity index (χ3n) is 1.94. The van der Waals surface area contributed by atoms with E-state index in [1.54, 1.807) is 0 Å². The van der Waals surface area contributed by atoms with Crippen LogP contribution in [0.4, 0.5) is 0 Å². The van der Waals surface area contributed by atoms with Gasteiger partial charge in [-0.3, -0.25) is 4.79 Å². The van der Waals surface area contributed by atoms with Gasteiger partial charge >= 0.3 is 5.97 Å². The zero-order chi connectivity index (χ0) is 8.27. The Bertz CT molecular complexity index is 147. The van der Waals surface area contributed by atoms with E-state index in [4.69, 9.17) is 4.74 Å². The van der Waals surface area contributed by atoms with Crippen molar-refractivity contribution < 1.29 is 9.53 Å². The topological polar surface area (TPSA) is 26.3 Å². The van der Waals surface area contributed by atoms with Crippen molar-refractivity contribution in [3.63, 3.8) is 0 Å². The number of carbonyl (C=O) groups is 1. The average molecular weight is 221 g/mol. The van der Waals surface area contributed by atoms with Crippen LogP contribution < -0.4 is 0 Å². The normalized spacial score (nSPS) is 31.5. The fourth-order valence-corrected chi connectivity index (χ4v) is 2.09. The fraction of sp³-hybridized carbons (Fsp3) is 0.875. The van der Waals surface area contributed by atoms with Crippen molar-refractivity contribution in [3.05, 3.63) is 0 Å². The summed E-state index contributed by atoms with van der Waals surface area (Å²) >= 11 is 3.51. The molecule has 1 aliphatic carbocycles. The minimum Gasteiger partial charge on any atom is -0.461 e. The summed E-state index contributed by atoms with van der Waals surface area (Å²) < 4.78 is 5.12. The maximum absolute atomic E-state index is 10.6. The molecule has 0 spiro atoms. The van der Waals surface area contributed by atoms with Crippen LogP contribution in [0.1, 0.15) is 32.6 Å². The molecular weight excluding hydrogens is 208 g/mol. The molecular formula is C8H13BrO2. The Morgan fingerprint density at radius 3 is 2.64 bits per heavy atom. The number of rotatable bonds is 1. The van der Waals surface area contributed by atoms with Gasteiger partial charge in [-0.2, -0.15) is 0 Å². The van der Waals surface area contributed by atoms with Gasteiger partial charge in [0.25, 0.3) is 0 Å². The Labute approximate surface area is 75.4 Å². The van der Waals surface area contributed by atoms with Gasteiger partial charge in [-0.15, -0.1) is 0 Å². The highest BCUT2D eigenvalue weighted by Crippen LogP contribution is 2.26. The predicted molar refractivity (Wildman–Crippen MR) is 46.7 cm³/mol. The number of esters is 1. The van der Waals surface area contributed by atoms with Crippen molar-refractivity contribution in [2.45, 2.75) is 43.5 Å². The second kappa shape index (κ2) is 4.10. The van der Waals surface area contributed by atoms with Gasteiger partial charge in [-0.25, -0.2) is 0 Å². The summed E-state index contributed by atoms with van der Waals surface area (Å²) in [5.41, 5.74) is 0. The quantitative estimate of drug-likeness (QED) is 0.501. The number of hydrogen-bond donors (Lipinski definition) is 0. The summed E-state index contributed by atoms with van der Waals surface area (Å²) in [7, 11) is 0. The number of carbonyl (C=O) groups excluding carboxylic acids is 1. The van der Waals surface area contributed by atoms with Gasteiger partial charge < -0.3 is 4.74 Å². The molecule has 0 N–H and O–H groups in total. The van der Waals surface area contributed by atoms with Crippen LogP contribution in [-0.4, -0.2) is 16.9 Å². The van der Waals surface area contributed by atoms with Gasteiger partial charge in [0.1, 0.15) is 6.10 Å². The molecule has 0 amide bonds. The van der Waals surface area contributed by atoms with Crippen LogP contribution in [0.25, 0.3) is 0 Å². The summed E-state index contributed by atoms with van der Waals surface area (Å²) in [5.74, 6) is -0.165. The molecule has 2 atom stereocenters. The summed E-state index contributed by atoms with van der Waals surface area (Å²) in [6.45, 7) is 1.47. The van der Waals surface area contributed by atoms with E-state index in [-0.39, 0.29) is 12.1 Å². The fourth-order valence-electron chi connectivity index (χ4n) is 1.40. The Morgan fingerprint density at radius 2 is 2.09 bits per heavy atom. The highest BCUT2D eigenvalue weighted by atomic mass is 79.9. The molecule has 3 heteroatoms. The molecule has 0 saturated heterocycles. The summed E-state index contributed by atoms with van der Waals surface area (Å²) in [4.78, 5) is 11.0. The highest BCUT2D eigenvalue weighted by Gasteiger charge is 2.24. The second-order valence-electron chi connectivity index (χ2n) is 2.95. The first kappa shape index (κ1) is 9.04. The van der Waals surface area contributed by atoms with Crippen molar-refractivity contribution in [1.82, 2.24) is 0 Å². The van der Waals surface area contributed by atoms with Gasteiger partial charge in [0, 0.05) is 6.92 Å². The second-order valence-corrected chi connectivity index (χ2v) is 4.12. The monoisotopic (exact) mass is 220 g/mol. The molecule has 0 aromatic rings. The van der Waals surface area contributed by atoms with E-state index in [0.717, 1.165) is 12.8 Å². The van der Waals surface area contributed by atoms with Crippen LogP contribution in [0.2, 0.25) is 0 Å². The van der Waals surface area contributed by atoms with Crippen molar-refractivity contribution in [3.8, 4) is 0 Å². The van der Waals surface area contributed by atoms with Crippen molar-refractivity contribution >= 4 is 21.9 Å². The van der Waals surface area contributed by atoms with E-state index in [0.29, 0.717) is 4.83 Å². The van der Waals surface area contributed by atoms with Gasteiger partial charge in [0.2, 0.25) is 0 Å². The molecule has 0 heterocycles. The van der Waals surface area contributed by atoms with E-state index in [2.05, 4.69) is 15.9 Å². The van der Waals surface area contributed by atoms with Crippen molar-refractivity contribution in [2.75, 3.05) is 0 Å². The van der Waals surface area contributed by atoms with Gasteiger partial charge in [0.05, 0.1) is 4.83 Å². The Morgan fingerprint density at radius 1 is 1.45 bits per heavy atom. The lowest BCUT2D eigenvalue weighted by Gasteiger charge is -2.26. The molecule has 0 unspecified atom stereocenters. The van der Waals surface area contributed by atoms with Crippen molar-refractivity contribution in [2.24, 2.45) is 0 Å². The number of ether oxygens (including phenoxy) is 1. The van der Waals surface area contributed by atoms with Crippen LogP contribution in [0.15, 0.2) is 0 Å². The first-order valence-corrected chi connectivity index (χ1v) is 4.93. The minimum atomic E-state index is -0.165. The maximum atomic E-state index is 10.6. The Balaban J connectivity index is 2.35. The lowest BCUT2D eigenvalue weighted by molar-refractivity contribution is -0.147. The van der Waals surface area contributed by atoms with E-state index in [1.807, 2.05) is 0 Å². The van der Waals surface area contributed by atoms with E-state index >= 15 is 0 Å². The minimum absolute atomic E-state index is 0.112. The third kappa shape index (κ3) is 2.81. The predicted octanol–water partition coefficient (Wildman–Crippen LogP) is 2.26. The summed E-state index contributed by atoms with van der Waals surface area (Å²) in [6, 6.07) is 0. The highest BCUT2D eigenvalue weighted by molar-refractivity contribution is 9.09. The molecule has 1 rings (SSSR count). The van der Waals surface area contributed by atoms with Gasteiger partial charge in [-0.1, -0.05) is 22.4 Å². The molecule has 0 radical (unpaired) electrons. The van der Waals surface area contributed by atoms with Crippen LogP contribution >= 0.6 is 15.9 Å². The Hall–Kier alpha value is -0.0500. The van der Waals surface area contributed by atoms with Gasteiger partial charge in [-0.05, 0) is 19.3 Å². The van der Waals surface area contributed by atoms with E-state index < -0.39 is 0 Å². The SMILES string of the molecule is CC(=O)O[C@H]1CCCC[C@@H]1Br. The van der Waals surface area contributed by atoms with Crippen molar-refractivity contribution in [1.29, 1.82) is 0 Å². The zero-order valence-electron chi connectivity index (χ0n) is 6.68. The van der Waals surface area contributed by atoms with Crippen LogP contribution in [0, 0.1) is 0 Å². The number of hydrogen-bond acceptors (Lipinski definition) is 2. The Kier molecular flexibility index (Phi) is 3.37. The van der Waals surface area contributed by atoms with Crippen LogP contribution in [-0.2, 0) is 9.53 Å². The molecule has 2 nitrogen and oxygen atoms in total. The maximum Gasteiger partial charge on any atom is 0.302 e.